The zero-order valence-electron chi connectivity index (χ0n) is 17.1. The van der Waals surface area contributed by atoms with Gasteiger partial charge in [-0.15, -0.1) is 0 Å². The fourth-order valence-corrected chi connectivity index (χ4v) is 4.83. The molecule has 1 saturated heterocycles. The Hall–Kier alpha value is -2.71. The number of nitrogens with zero attached hydrogens (tertiary/aromatic N) is 1. The molecular weight excluding hydrogens is 404 g/mol. The van der Waals surface area contributed by atoms with E-state index in [0.29, 0.717) is 30.3 Å². The van der Waals surface area contributed by atoms with E-state index in [2.05, 4.69) is 12.2 Å². The van der Waals surface area contributed by atoms with Crippen LogP contribution in [-0.2, 0) is 14.8 Å². The van der Waals surface area contributed by atoms with Crippen LogP contribution in [0.5, 0.6) is 0 Å². The van der Waals surface area contributed by atoms with Crippen LogP contribution in [0.15, 0.2) is 53.4 Å². The van der Waals surface area contributed by atoms with Gasteiger partial charge in [-0.2, -0.15) is 4.31 Å². The van der Waals surface area contributed by atoms with E-state index in [4.69, 9.17) is 4.74 Å². The number of carbonyl (C=O) groups excluding carboxylic acids is 2. The number of nitrogens with one attached hydrogen (secondary N) is 1. The summed E-state index contributed by atoms with van der Waals surface area (Å²) in [6.45, 7) is 5.06. The van der Waals surface area contributed by atoms with E-state index in [0.717, 1.165) is 12.8 Å². The molecule has 30 heavy (non-hydrogen) atoms. The monoisotopic (exact) mass is 430 g/mol. The van der Waals surface area contributed by atoms with E-state index in [-0.39, 0.29) is 17.1 Å². The number of rotatable bonds is 6. The minimum atomic E-state index is -3.65. The average molecular weight is 431 g/mol. The molecule has 0 aromatic heterocycles. The zero-order chi connectivity index (χ0) is 21.7. The predicted octanol–water partition coefficient (Wildman–Crippen LogP) is 3.54. The number of amides is 1. The number of esters is 1. The summed E-state index contributed by atoms with van der Waals surface area (Å²) in [5, 5.41) is 2.70. The first-order chi connectivity index (χ1) is 14.3. The summed E-state index contributed by atoms with van der Waals surface area (Å²) in [5.74, 6) is -0.420. The van der Waals surface area contributed by atoms with Crippen molar-refractivity contribution in [3.8, 4) is 0 Å². The Bertz CT molecular complexity index is 1030. The lowest BCUT2D eigenvalue weighted by molar-refractivity contribution is 0.0526. The summed E-state index contributed by atoms with van der Waals surface area (Å²) in [6.07, 6.45) is 1.66. The Kier molecular flexibility index (Phi) is 6.89. The van der Waals surface area contributed by atoms with Crippen LogP contribution in [0.2, 0.25) is 0 Å². The Morgan fingerprint density at radius 2 is 1.73 bits per heavy atom. The van der Waals surface area contributed by atoms with Gasteiger partial charge in [-0.3, -0.25) is 4.79 Å². The molecule has 160 valence electrons. The zero-order valence-corrected chi connectivity index (χ0v) is 17.9. The molecular formula is C22H26N2O5S. The van der Waals surface area contributed by atoms with Crippen molar-refractivity contribution in [3.05, 3.63) is 59.7 Å². The van der Waals surface area contributed by atoms with Gasteiger partial charge in [0.15, 0.2) is 0 Å². The van der Waals surface area contributed by atoms with E-state index in [1.54, 1.807) is 37.3 Å². The van der Waals surface area contributed by atoms with Crippen molar-refractivity contribution in [1.29, 1.82) is 0 Å². The molecule has 1 fully saturated rings. The maximum Gasteiger partial charge on any atom is 0.338 e. The number of sulfonamides is 1. The number of piperidine rings is 1. The highest BCUT2D eigenvalue weighted by molar-refractivity contribution is 7.89. The highest BCUT2D eigenvalue weighted by atomic mass is 32.2. The third-order valence-electron chi connectivity index (χ3n) is 5.11. The van der Waals surface area contributed by atoms with Gasteiger partial charge in [-0.1, -0.05) is 19.1 Å². The van der Waals surface area contributed by atoms with E-state index in [1.807, 2.05) is 0 Å². The molecule has 1 amide bonds. The summed E-state index contributed by atoms with van der Waals surface area (Å²) in [6, 6.07) is 12.4. The van der Waals surface area contributed by atoms with Crippen molar-refractivity contribution in [2.45, 2.75) is 31.6 Å². The Labute approximate surface area is 177 Å². The smallest absolute Gasteiger partial charge is 0.338 e. The average Bonchev–Trinajstić information content (AvgIpc) is 2.74. The topological polar surface area (TPSA) is 92.8 Å². The molecule has 3 rings (SSSR count). The molecule has 0 bridgehead atoms. The normalized spacial score (nSPS) is 15.5. The first kappa shape index (κ1) is 22.0. The molecule has 8 heteroatoms. The second-order valence-electron chi connectivity index (χ2n) is 7.37. The molecule has 7 nitrogen and oxygen atoms in total. The standard InChI is InChI=1S/C22H26N2O5S/c1-3-29-22(26)18-7-4-8-19(14-18)23-21(25)17-6-5-9-20(15-17)30(27,28)24-12-10-16(2)11-13-24/h4-9,14-16H,3,10-13H2,1-2H3,(H,23,25). The van der Waals surface area contributed by atoms with E-state index in [9.17, 15) is 18.0 Å². The second-order valence-corrected chi connectivity index (χ2v) is 9.31. The van der Waals surface area contributed by atoms with E-state index in [1.165, 1.54) is 22.5 Å². The molecule has 2 aromatic carbocycles. The highest BCUT2D eigenvalue weighted by Crippen LogP contribution is 2.24. The summed E-state index contributed by atoms with van der Waals surface area (Å²) in [4.78, 5) is 24.7. The fourth-order valence-electron chi connectivity index (χ4n) is 3.31. The summed E-state index contributed by atoms with van der Waals surface area (Å²) in [5.41, 5.74) is 0.970. The van der Waals surface area contributed by atoms with Gasteiger partial charge in [0.05, 0.1) is 17.1 Å². The van der Waals surface area contributed by atoms with Gasteiger partial charge in [-0.25, -0.2) is 13.2 Å². The Morgan fingerprint density at radius 1 is 1.07 bits per heavy atom. The molecule has 1 N–H and O–H groups in total. The number of anilines is 1. The molecule has 2 aromatic rings. The molecule has 1 aliphatic rings. The molecule has 0 saturated carbocycles. The number of carbonyl (C=O) groups is 2. The lowest BCUT2D eigenvalue weighted by Crippen LogP contribution is -2.37. The molecule has 0 spiro atoms. The molecule has 0 radical (unpaired) electrons. The van der Waals surface area contributed by atoms with Gasteiger partial charge in [0.2, 0.25) is 10.0 Å². The van der Waals surface area contributed by atoms with E-state index < -0.39 is 21.9 Å². The lowest BCUT2D eigenvalue weighted by Gasteiger charge is -2.29. The summed E-state index contributed by atoms with van der Waals surface area (Å²) >= 11 is 0. The van der Waals surface area contributed by atoms with Crippen LogP contribution < -0.4 is 5.32 Å². The van der Waals surface area contributed by atoms with Crippen LogP contribution >= 0.6 is 0 Å². The molecule has 1 aliphatic heterocycles. The van der Waals surface area contributed by atoms with Crippen LogP contribution in [0.25, 0.3) is 0 Å². The maximum absolute atomic E-state index is 13.0. The quantitative estimate of drug-likeness (QED) is 0.708. The van der Waals surface area contributed by atoms with Crippen LogP contribution in [0, 0.1) is 5.92 Å². The first-order valence-electron chi connectivity index (χ1n) is 10.00. The summed E-state index contributed by atoms with van der Waals surface area (Å²) in [7, 11) is -3.65. The molecule has 1 heterocycles. The van der Waals surface area contributed by atoms with Gasteiger partial charge in [0.25, 0.3) is 5.91 Å². The molecule has 0 aliphatic carbocycles. The third kappa shape index (κ3) is 5.06. The number of hydrogen-bond acceptors (Lipinski definition) is 5. The van der Waals surface area contributed by atoms with Crippen molar-refractivity contribution >= 4 is 27.6 Å². The van der Waals surface area contributed by atoms with Crippen LogP contribution in [0.3, 0.4) is 0 Å². The fraction of sp³-hybridized carbons (Fsp3) is 0.364. The van der Waals surface area contributed by atoms with Crippen LogP contribution in [-0.4, -0.2) is 44.3 Å². The van der Waals surface area contributed by atoms with Crippen molar-refractivity contribution in [2.75, 3.05) is 25.0 Å². The van der Waals surface area contributed by atoms with Crippen molar-refractivity contribution < 1.29 is 22.7 Å². The highest BCUT2D eigenvalue weighted by Gasteiger charge is 2.28. The Balaban J connectivity index is 1.77. The van der Waals surface area contributed by atoms with Gasteiger partial charge in [-0.05, 0) is 62.1 Å². The first-order valence-corrected chi connectivity index (χ1v) is 11.4. The van der Waals surface area contributed by atoms with Crippen molar-refractivity contribution in [1.82, 2.24) is 4.31 Å². The van der Waals surface area contributed by atoms with Crippen LogP contribution in [0.4, 0.5) is 5.69 Å². The number of hydrogen-bond donors (Lipinski definition) is 1. The van der Waals surface area contributed by atoms with Crippen molar-refractivity contribution in [3.63, 3.8) is 0 Å². The van der Waals surface area contributed by atoms with E-state index >= 15 is 0 Å². The molecule has 0 atom stereocenters. The maximum atomic E-state index is 13.0. The van der Waals surface area contributed by atoms with Gasteiger partial charge < -0.3 is 10.1 Å². The van der Waals surface area contributed by atoms with Gasteiger partial charge in [0.1, 0.15) is 0 Å². The largest absolute Gasteiger partial charge is 0.462 e. The summed E-state index contributed by atoms with van der Waals surface area (Å²) < 4.78 is 32.3. The van der Waals surface area contributed by atoms with Crippen molar-refractivity contribution in [2.24, 2.45) is 5.92 Å². The number of benzene rings is 2. The Morgan fingerprint density at radius 3 is 2.43 bits per heavy atom. The second kappa shape index (κ2) is 9.40. The predicted molar refractivity (Wildman–Crippen MR) is 114 cm³/mol. The minimum Gasteiger partial charge on any atom is -0.462 e. The van der Waals surface area contributed by atoms with Crippen LogP contribution in [0.1, 0.15) is 47.4 Å². The molecule has 0 unspecified atom stereocenters. The lowest BCUT2D eigenvalue weighted by atomic mass is 10.0. The minimum absolute atomic E-state index is 0.102. The third-order valence-corrected chi connectivity index (χ3v) is 7.00. The SMILES string of the molecule is CCOC(=O)c1cccc(NC(=O)c2cccc(S(=O)(=O)N3CCC(C)CC3)c2)c1. The van der Waals surface area contributed by atoms with Gasteiger partial charge in [0, 0.05) is 24.3 Å². The van der Waals surface area contributed by atoms with Gasteiger partial charge >= 0.3 is 5.97 Å². The number of ether oxygens (including phenoxy) is 1.